The maximum Gasteiger partial charge on any atom is 0.339 e. The number of ketones is 2. The number of esters is 4. The summed E-state index contributed by atoms with van der Waals surface area (Å²) in [5, 5.41) is 0. The summed E-state index contributed by atoms with van der Waals surface area (Å²) in [5.41, 5.74) is -0.688. The summed E-state index contributed by atoms with van der Waals surface area (Å²) in [5.74, 6) is -4.23. The molecule has 0 heterocycles. The number of rotatable bonds is 14. The van der Waals surface area contributed by atoms with Crippen molar-refractivity contribution in [1.29, 1.82) is 0 Å². The molecule has 0 unspecified atom stereocenters. The van der Waals surface area contributed by atoms with Crippen LogP contribution in [0.2, 0.25) is 0 Å². The molecule has 1 aromatic carbocycles. The van der Waals surface area contributed by atoms with Crippen LogP contribution in [0.5, 0.6) is 0 Å². The molecule has 10 nitrogen and oxygen atoms in total. The van der Waals surface area contributed by atoms with Crippen LogP contribution in [0.25, 0.3) is 0 Å². The van der Waals surface area contributed by atoms with Gasteiger partial charge in [-0.25, -0.2) is 19.2 Å². The maximum absolute atomic E-state index is 12.6. The van der Waals surface area contributed by atoms with Crippen LogP contribution in [0, 0.1) is 0 Å². The quantitative estimate of drug-likeness (QED) is 0.130. The first-order valence-electron chi connectivity index (χ1n) is 10.4. The Morgan fingerprint density at radius 1 is 0.618 bits per heavy atom. The van der Waals surface area contributed by atoms with Gasteiger partial charge in [0.2, 0.25) is 0 Å². The molecule has 0 saturated carbocycles. The molecule has 0 aliphatic rings. The number of hydrogen-bond acceptors (Lipinski definition) is 10. The zero-order chi connectivity index (χ0) is 25.7. The van der Waals surface area contributed by atoms with Gasteiger partial charge in [0.1, 0.15) is 26.4 Å². The van der Waals surface area contributed by atoms with E-state index >= 15 is 0 Å². The molecule has 182 valence electrons. The number of hydrogen-bond donors (Lipinski definition) is 0. The lowest BCUT2D eigenvalue weighted by molar-refractivity contribution is -0.139. The molecule has 0 fully saturated rings. The van der Waals surface area contributed by atoms with Gasteiger partial charge in [-0.1, -0.05) is 27.0 Å². The molecule has 0 aromatic heterocycles. The van der Waals surface area contributed by atoms with Gasteiger partial charge < -0.3 is 18.9 Å². The van der Waals surface area contributed by atoms with E-state index < -0.39 is 35.4 Å². The summed E-state index contributed by atoms with van der Waals surface area (Å²) < 4.78 is 19.5. The van der Waals surface area contributed by atoms with E-state index in [0.29, 0.717) is 0 Å². The molecular formula is C24H26O10. The Hall–Kier alpha value is -4.08. The largest absolute Gasteiger partial charge is 0.459 e. The first kappa shape index (κ1) is 28.0. The number of carbonyl (C=O) groups is 6. The summed E-state index contributed by atoms with van der Waals surface area (Å²) in [6.07, 6.45) is 1.90. The predicted molar refractivity (Wildman–Crippen MR) is 119 cm³/mol. The van der Waals surface area contributed by atoms with Crippen molar-refractivity contribution in [2.24, 2.45) is 0 Å². The molecule has 0 aliphatic heterocycles. The van der Waals surface area contributed by atoms with E-state index in [-0.39, 0.29) is 61.5 Å². The van der Waals surface area contributed by atoms with E-state index in [0.717, 1.165) is 24.3 Å². The second kappa shape index (κ2) is 14.1. The fourth-order valence-electron chi connectivity index (χ4n) is 2.61. The molecule has 0 bridgehead atoms. The average molecular weight is 474 g/mol. The van der Waals surface area contributed by atoms with Crippen molar-refractivity contribution in [3.05, 3.63) is 59.7 Å². The molecule has 0 N–H and O–H groups in total. The molecule has 1 rings (SSSR count). The molecule has 0 spiro atoms. The maximum atomic E-state index is 12.6. The SMILES string of the molecule is C=CC(=O)OCCOC(=O)c1cc(C(=O)CC)c(C(=O)OCCOC(=O)C=C)cc1C(=O)CC. The second-order valence-electron chi connectivity index (χ2n) is 6.51. The molecular weight excluding hydrogens is 448 g/mol. The summed E-state index contributed by atoms with van der Waals surface area (Å²) in [4.78, 5) is 72.4. The highest BCUT2D eigenvalue weighted by Gasteiger charge is 2.26. The number of benzene rings is 1. The Morgan fingerprint density at radius 3 is 1.24 bits per heavy atom. The van der Waals surface area contributed by atoms with Crippen LogP contribution < -0.4 is 0 Å². The molecule has 0 saturated heterocycles. The first-order valence-corrected chi connectivity index (χ1v) is 10.4. The fraction of sp³-hybridized carbons (Fsp3) is 0.333. The van der Waals surface area contributed by atoms with Gasteiger partial charge in [-0.15, -0.1) is 0 Å². The Morgan fingerprint density at radius 2 is 0.941 bits per heavy atom. The second-order valence-corrected chi connectivity index (χ2v) is 6.51. The predicted octanol–water partition coefficient (Wildman–Crippen LogP) is 2.64. The van der Waals surface area contributed by atoms with Crippen LogP contribution >= 0.6 is 0 Å². The van der Waals surface area contributed by atoms with E-state index in [9.17, 15) is 28.8 Å². The highest BCUT2D eigenvalue weighted by atomic mass is 16.6. The Labute approximate surface area is 196 Å². The zero-order valence-electron chi connectivity index (χ0n) is 19.0. The molecule has 0 atom stereocenters. The summed E-state index contributed by atoms with van der Waals surface area (Å²) in [6, 6.07) is 2.22. The highest BCUT2D eigenvalue weighted by Crippen LogP contribution is 2.22. The van der Waals surface area contributed by atoms with Crippen molar-refractivity contribution in [3.63, 3.8) is 0 Å². The van der Waals surface area contributed by atoms with E-state index in [2.05, 4.69) is 13.2 Å². The first-order chi connectivity index (χ1) is 16.2. The van der Waals surface area contributed by atoms with Crippen molar-refractivity contribution in [2.45, 2.75) is 26.7 Å². The van der Waals surface area contributed by atoms with Crippen LogP contribution in [-0.2, 0) is 28.5 Å². The minimum absolute atomic E-state index is 0.00426. The summed E-state index contributed by atoms with van der Waals surface area (Å²) in [6.45, 7) is 8.51. The molecule has 0 aliphatic carbocycles. The van der Waals surface area contributed by atoms with Gasteiger partial charge in [0.25, 0.3) is 0 Å². The third-order valence-electron chi connectivity index (χ3n) is 4.30. The van der Waals surface area contributed by atoms with Gasteiger partial charge in [0.05, 0.1) is 11.1 Å². The lowest BCUT2D eigenvalue weighted by atomic mass is 9.92. The van der Waals surface area contributed by atoms with E-state index in [1.165, 1.54) is 0 Å². The van der Waals surface area contributed by atoms with E-state index in [1.54, 1.807) is 13.8 Å². The van der Waals surface area contributed by atoms with E-state index in [4.69, 9.17) is 18.9 Å². The van der Waals surface area contributed by atoms with Crippen LogP contribution in [-0.4, -0.2) is 61.9 Å². The number of carbonyl (C=O) groups excluding carboxylic acids is 6. The van der Waals surface area contributed by atoms with Crippen LogP contribution in [0.3, 0.4) is 0 Å². The Balaban J connectivity index is 3.22. The van der Waals surface area contributed by atoms with Crippen molar-refractivity contribution >= 4 is 35.4 Å². The van der Waals surface area contributed by atoms with Crippen LogP contribution in [0.15, 0.2) is 37.4 Å². The van der Waals surface area contributed by atoms with Crippen molar-refractivity contribution < 1.29 is 47.7 Å². The van der Waals surface area contributed by atoms with Crippen molar-refractivity contribution in [1.82, 2.24) is 0 Å². The minimum atomic E-state index is -0.937. The molecule has 34 heavy (non-hydrogen) atoms. The van der Waals surface area contributed by atoms with Gasteiger partial charge in [-0.3, -0.25) is 9.59 Å². The Kier molecular flexibility index (Phi) is 11.6. The number of ether oxygens (including phenoxy) is 4. The van der Waals surface area contributed by atoms with Crippen molar-refractivity contribution in [2.75, 3.05) is 26.4 Å². The van der Waals surface area contributed by atoms with E-state index in [1.807, 2.05) is 0 Å². The molecule has 0 radical (unpaired) electrons. The van der Waals surface area contributed by atoms with Gasteiger partial charge in [-0.2, -0.15) is 0 Å². The van der Waals surface area contributed by atoms with Crippen LogP contribution in [0.4, 0.5) is 0 Å². The van der Waals surface area contributed by atoms with Crippen LogP contribution in [0.1, 0.15) is 68.1 Å². The lowest BCUT2D eigenvalue weighted by Gasteiger charge is -2.14. The molecule has 0 amide bonds. The van der Waals surface area contributed by atoms with Gasteiger partial charge in [0, 0.05) is 36.1 Å². The van der Waals surface area contributed by atoms with Gasteiger partial charge in [0.15, 0.2) is 11.6 Å². The lowest BCUT2D eigenvalue weighted by Crippen LogP contribution is -2.20. The van der Waals surface area contributed by atoms with Crippen molar-refractivity contribution in [3.8, 4) is 0 Å². The minimum Gasteiger partial charge on any atom is -0.459 e. The number of Topliss-reactive ketones (excluding diaryl/α,β-unsaturated/α-hetero) is 2. The smallest absolute Gasteiger partial charge is 0.339 e. The average Bonchev–Trinajstić information content (AvgIpc) is 2.86. The molecule has 10 heteroatoms. The third kappa shape index (κ3) is 8.12. The standard InChI is InChI=1S/C24H26O10/c1-5-19(25)15-13-18(24(30)34-12-10-32-22(28)8-4)16(20(26)6-2)14-17(15)23(29)33-11-9-31-21(27)7-3/h7-8,13-14H,3-6,9-12H2,1-2H3. The summed E-state index contributed by atoms with van der Waals surface area (Å²) >= 11 is 0. The fourth-order valence-corrected chi connectivity index (χ4v) is 2.61. The molecule has 1 aromatic rings. The third-order valence-corrected chi connectivity index (χ3v) is 4.30. The monoisotopic (exact) mass is 474 g/mol. The normalized spacial score (nSPS) is 9.94. The summed E-state index contributed by atoms with van der Waals surface area (Å²) in [7, 11) is 0. The zero-order valence-corrected chi connectivity index (χ0v) is 19.0. The Bertz CT molecular complexity index is 910. The topological polar surface area (TPSA) is 139 Å². The highest BCUT2D eigenvalue weighted by molar-refractivity contribution is 6.13. The van der Waals surface area contributed by atoms with Gasteiger partial charge in [-0.05, 0) is 12.1 Å². The van der Waals surface area contributed by atoms with Gasteiger partial charge >= 0.3 is 23.9 Å².